The van der Waals surface area contributed by atoms with Crippen LogP contribution in [0.15, 0.2) is 43.0 Å². The second-order valence-electron chi connectivity index (χ2n) is 5.33. The van der Waals surface area contributed by atoms with Crippen molar-refractivity contribution in [3.8, 4) is 5.69 Å². The summed E-state index contributed by atoms with van der Waals surface area (Å²) in [4.78, 5) is 16.0. The Balaban J connectivity index is 1.54. The van der Waals surface area contributed by atoms with Gasteiger partial charge in [-0.25, -0.2) is 4.98 Å². The highest BCUT2D eigenvalue weighted by atomic mass is 16.5. The summed E-state index contributed by atoms with van der Waals surface area (Å²) < 4.78 is 7.54. The lowest BCUT2D eigenvalue weighted by atomic mass is 10.1. The molecule has 0 spiro atoms. The van der Waals surface area contributed by atoms with Gasteiger partial charge in [0.25, 0.3) is 0 Å². The molecule has 0 radical (unpaired) electrons. The number of ether oxygens (including phenoxy) is 1. The molecular formula is C16H20N4O2. The topological polar surface area (TPSA) is 68.2 Å². The number of nitrogens with one attached hydrogen (secondary N) is 2. The van der Waals surface area contributed by atoms with E-state index >= 15 is 0 Å². The van der Waals surface area contributed by atoms with Crippen molar-refractivity contribution < 1.29 is 9.53 Å². The zero-order valence-corrected chi connectivity index (χ0v) is 12.4. The minimum atomic E-state index is -0.124. The van der Waals surface area contributed by atoms with Crippen LogP contribution in [0.4, 0.5) is 5.69 Å². The van der Waals surface area contributed by atoms with Gasteiger partial charge in [0.1, 0.15) is 6.61 Å². The van der Waals surface area contributed by atoms with Crippen LogP contribution in [0.2, 0.25) is 0 Å². The first kappa shape index (κ1) is 14.7. The molecule has 0 unspecified atom stereocenters. The average Bonchev–Trinajstić information content (AvgIpc) is 3.09. The monoisotopic (exact) mass is 300 g/mol. The van der Waals surface area contributed by atoms with E-state index in [4.69, 9.17) is 4.74 Å². The number of hydrogen-bond donors (Lipinski definition) is 2. The molecule has 1 amide bonds. The van der Waals surface area contributed by atoms with Crippen LogP contribution in [0, 0.1) is 0 Å². The number of benzene rings is 1. The Kier molecular flexibility index (Phi) is 4.82. The van der Waals surface area contributed by atoms with Crippen molar-refractivity contribution in [2.45, 2.75) is 18.9 Å². The number of piperidine rings is 1. The van der Waals surface area contributed by atoms with Gasteiger partial charge in [-0.2, -0.15) is 0 Å². The third-order valence-corrected chi connectivity index (χ3v) is 3.67. The first-order valence-corrected chi connectivity index (χ1v) is 7.52. The fourth-order valence-corrected chi connectivity index (χ4v) is 2.51. The molecule has 2 heterocycles. The summed E-state index contributed by atoms with van der Waals surface area (Å²) in [6.45, 7) is 2.01. The lowest BCUT2D eigenvalue weighted by Gasteiger charge is -2.22. The molecule has 1 aromatic heterocycles. The number of imidazole rings is 1. The Hall–Kier alpha value is -2.18. The van der Waals surface area contributed by atoms with Crippen molar-refractivity contribution in [2.24, 2.45) is 0 Å². The van der Waals surface area contributed by atoms with Gasteiger partial charge in [0.05, 0.1) is 12.4 Å². The molecule has 2 N–H and O–H groups in total. The summed E-state index contributed by atoms with van der Waals surface area (Å²) in [6, 6.07) is 7.63. The number of rotatable bonds is 5. The van der Waals surface area contributed by atoms with Crippen molar-refractivity contribution in [3.05, 3.63) is 43.0 Å². The first-order chi connectivity index (χ1) is 10.8. The predicted molar refractivity (Wildman–Crippen MR) is 84.0 cm³/mol. The van der Waals surface area contributed by atoms with E-state index in [1.165, 1.54) is 0 Å². The average molecular weight is 300 g/mol. The molecular weight excluding hydrogens is 280 g/mol. The van der Waals surface area contributed by atoms with E-state index in [0.717, 1.165) is 37.3 Å². The maximum Gasteiger partial charge on any atom is 0.250 e. The molecule has 6 heteroatoms. The van der Waals surface area contributed by atoms with E-state index in [2.05, 4.69) is 15.6 Å². The van der Waals surface area contributed by atoms with E-state index in [1.54, 1.807) is 12.5 Å². The van der Waals surface area contributed by atoms with E-state index < -0.39 is 0 Å². The highest BCUT2D eigenvalue weighted by Crippen LogP contribution is 2.14. The summed E-state index contributed by atoms with van der Waals surface area (Å²) in [5.74, 6) is -0.124. The molecule has 1 aliphatic heterocycles. The summed E-state index contributed by atoms with van der Waals surface area (Å²) in [5, 5.41) is 6.14. The molecule has 1 aliphatic rings. The second-order valence-corrected chi connectivity index (χ2v) is 5.33. The van der Waals surface area contributed by atoms with Crippen LogP contribution in [0.1, 0.15) is 12.8 Å². The van der Waals surface area contributed by atoms with Crippen LogP contribution in [0.5, 0.6) is 0 Å². The number of carbonyl (C=O) groups excluding carboxylic acids is 1. The van der Waals surface area contributed by atoms with Crippen molar-refractivity contribution in [1.29, 1.82) is 0 Å². The van der Waals surface area contributed by atoms with E-state index in [0.29, 0.717) is 0 Å². The van der Waals surface area contributed by atoms with Crippen LogP contribution >= 0.6 is 0 Å². The third-order valence-electron chi connectivity index (χ3n) is 3.67. The van der Waals surface area contributed by atoms with Crippen molar-refractivity contribution in [2.75, 3.05) is 25.0 Å². The van der Waals surface area contributed by atoms with E-state index in [-0.39, 0.29) is 18.6 Å². The minimum Gasteiger partial charge on any atom is -0.368 e. The van der Waals surface area contributed by atoms with Crippen molar-refractivity contribution in [3.63, 3.8) is 0 Å². The van der Waals surface area contributed by atoms with Crippen LogP contribution in [-0.2, 0) is 9.53 Å². The van der Waals surface area contributed by atoms with Crippen LogP contribution in [0.3, 0.4) is 0 Å². The highest BCUT2D eigenvalue weighted by Gasteiger charge is 2.14. The maximum atomic E-state index is 12.0. The van der Waals surface area contributed by atoms with Crippen LogP contribution < -0.4 is 10.6 Å². The van der Waals surface area contributed by atoms with Gasteiger partial charge < -0.3 is 19.9 Å². The molecule has 0 aliphatic carbocycles. The quantitative estimate of drug-likeness (QED) is 0.880. The highest BCUT2D eigenvalue weighted by molar-refractivity contribution is 5.91. The van der Waals surface area contributed by atoms with Gasteiger partial charge in [-0.05, 0) is 44.1 Å². The Morgan fingerprint density at radius 1 is 1.41 bits per heavy atom. The standard InChI is InChI=1S/C16H20N4O2/c21-16(11-22-15-4-6-17-7-5-15)19-13-2-1-3-14(10-13)20-9-8-18-12-20/h1-3,8-10,12,15,17H,4-7,11H2,(H,19,21). The normalized spacial score (nSPS) is 15.6. The first-order valence-electron chi connectivity index (χ1n) is 7.52. The molecule has 22 heavy (non-hydrogen) atoms. The number of hydrogen-bond acceptors (Lipinski definition) is 4. The van der Waals surface area contributed by atoms with Gasteiger partial charge in [-0.1, -0.05) is 6.07 Å². The molecule has 1 aromatic carbocycles. The fraction of sp³-hybridized carbons (Fsp3) is 0.375. The molecule has 3 rings (SSSR count). The van der Waals surface area contributed by atoms with E-state index in [1.807, 2.05) is 35.0 Å². The molecule has 1 fully saturated rings. The minimum absolute atomic E-state index is 0.0972. The largest absolute Gasteiger partial charge is 0.368 e. The second kappa shape index (κ2) is 7.20. The summed E-state index contributed by atoms with van der Waals surface area (Å²) in [6.07, 6.45) is 7.41. The number of aromatic nitrogens is 2. The van der Waals surface area contributed by atoms with Gasteiger partial charge in [0, 0.05) is 23.8 Å². The fourth-order valence-electron chi connectivity index (χ4n) is 2.51. The van der Waals surface area contributed by atoms with Gasteiger partial charge in [0.2, 0.25) is 5.91 Å². The lowest BCUT2D eigenvalue weighted by Crippen LogP contribution is -2.34. The number of amides is 1. The third kappa shape index (κ3) is 3.93. The summed E-state index contributed by atoms with van der Waals surface area (Å²) >= 11 is 0. The Labute approximate surface area is 129 Å². The lowest BCUT2D eigenvalue weighted by molar-refractivity contribution is -0.123. The van der Waals surface area contributed by atoms with Gasteiger partial charge in [-0.3, -0.25) is 4.79 Å². The zero-order valence-electron chi connectivity index (χ0n) is 12.4. The molecule has 1 saturated heterocycles. The van der Waals surface area contributed by atoms with Gasteiger partial charge in [-0.15, -0.1) is 0 Å². The Bertz CT molecular complexity index is 606. The molecule has 2 aromatic rings. The number of anilines is 1. The van der Waals surface area contributed by atoms with Gasteiger partial charge in [0.15, 0.2) is 0 Å². The molecule has 0 atom stereocenters. The smallest absolute Gasteiger partial charge is 0.250 e. The molecule has 0 bridgehead atoms. The summed E-state index contributed by atoms with van der Waals surface area (Å²) in [7, 11) is 0. The van der Waals surface area contributed by atoms with Crippen LogP contribution in [0.25, 0.3) is 5.69 Å². The SMILES string of the molecule is O=C(COC1CCNCC1)Nc1cccc(-n2ccnc2)c1. The van der Waals surface area contributed by atoms with Crippen molar-refractivity contribution in [1.82, 2.24) is 14.9 Å². The Morgan fingerprint density at radius 3 is 3.05 bits per heavy atom. The van der Waals surface area contributed by atoms with Crippen LogP contribution in [-0.4, -0.2) is 41.3 Å². The zero-order chi connectivity index (χ0) is 15.2. The molecule has 0 saturated carbocycles. The summed E-state index contributed by atoms with van der Waals surface area (Å²) in [5.41, 5.74) is 1.71. The molecule has 116 valence electrons. The number of nitrogens with zero attached hydrogens (tertiary/aromatic N) is 2. The predicted octanol–water partition coefficient (Wildman–Crippen LogP) is 1.58. The Morgan fingerprint density at radius 2 is 2.27 bits per heavy atom. The number of carbonyl (C=O) groups is 1. The molecule has 6 nitrogen and oxygen atoms in total. The van der Waals surface area contributed by atoms with Crippen molar-refractivity contribution >= 4 is 11.6 Å². The van der Waals surface area contributed by atoms with Gasteiger partial charge >= 0.3 is 0 Å². The maximum absolute atomic E-state index is 12.0. The van der Waals surface area contributed by atoms with E-state index in [9.17, 15) is 4.79 Å².